The van der Waals surface area contributed by atoms with E-state index in [1.165, 1.54) is 6.08 Å². The first-order valence-corrected chi connectivity index (χ1v) is 10.3. The van der Waals surface area contributed by atoms with Crippen LogP contribution in [-0.4, -0.2) is 23.6 Å². The van der Waals surface area contributed by atoms with Crippen molar-refractivity contribution in [1.29, 1.82) is 0 Å². The van der Waals surface area contributed by atoms with Crippen LogP contribution in [0.25, 0.3) is 6.08 Å². The van der Waals surface area contributed by atoms with E-state index in [4.69, 9.17) is 9.47 Å². The van der Waals surface area contributed by atoms with Crippen molar-refractivity contribution in [3.63, 3.8) is 0 Å². The second kappa shape index (κ2) is 9.06. The molecule has 3 aromatic carbocycles. The van der Waals surface area contributed by atoms with Gasteiger partial charge >= 0.3 is 5.97 Å². The Hall–Kier alpha value is -3.58. The van der Waals surface area contributed by atoms with Crippen LogP contribution in [0, 0.1) is 0 Å². The summed E-state index contributed by atoms with van der Waals surface area (Å²) >= 11 is 3.43. The Morgan fingerprint density at radius 3 is 2.58 bits per heavy atom. The number of rotatable bonds is 6. The molecule has 0 bridgehead atoms. The molecule has 1 aliphatic heterocycles. The average Bonchev–Trinajstić information content (AvgIpc) is 3.24. The Balaban J connectivity index is 1.49. The summed E-state index contributed by atoms with van der Waals surface area (Å²) in [4.78, 5) is 24.2. The molecule has 1 amide bonds. The molecule has 6 nitrogen and oxygen atoms in total. The first-order valence-electron chi connectivity index (χ1n) is 9.54. The lowest BCUT2D eigenvalue weighted by Gasteiger charge is -2.09. The standard InChI is InChI=1S/C24H18BrNO5/c25-19-3-1-2-4-22(19)31-18-8-5-15(6-9-18)13-20(24(28)29)26-23(27)17-7-10-21-16(14-17)11-12-30-21/h1-10,13-14H,11-12H2,(H,26,27)(H,28,29)/b20-13+. The fraction of sp³-hybridized carbons (Fsp3) is 0.0833. The van der Waals surface area contributed by atoms with E-state index in [0.29, 0.717) is 29.2 Å². The summed E-state index contributed by atoms with van der Waals surface area (Å²) in [5, 5.41) is 12.0. The number of benzene rings is 3. The number of amides is 1. The number of carbonyl (C=O) groups excluding carboxylic acids is 1. The lowest BCUT2D eigenvalue weighted by Crippen LogP contribution is -2.27. The van der Waals surface area contributed by atoms with Crippen LogP contribution in [0.3, 0.4) is 0 Å². The van der Waals surface area contributed by atoms with Crippen LogP contribution in [-0.2, 0) is 11.2 Å². The topological polar surface area (TPSA) is 84.9 Å². The molecule has 0 atom stereocenters. The third kappa shape index (κ3) is 4.95. The lowest BCUT2D eigenvalue weighted by molar-refractivity contribution is -0.132. The van der Waals surface area contributed by atoms with Gasteiger partial charge in [0.15, 0.2) is 0 Å². The highest BCUT2D eigenvalue weighted by Gasteiger charge is 2.17. The number of carboxylic acid groups (broad SMARTS) is 1. The number of hydrogen-bond donors (Lipinski definition) is 2. The zero-order valence-corrected chi connectivity index (χ0v) is 17.9. The highest BCUT2D eigenvalue weighted by molar-refractivity contribution is 9.10. The molecule has 0 saturated heterocycles. The molecule has 31 heavy (non-hydrogen) atoms. The molecule has 1 heterocycles. The van der Waals surface area contributed by atoms with E-state index in [1.807, 2.05) is 24.3 Å². The van der Waals surface area contributed by atoms with Gasteiger partial charge in [-0.3, -0.25) is 4.79 Å². The van der Waals surface area contributed by atoms with Crippen LogP contribution >= 0.6 is 15.9 Å². The number of aliphatic carboxylic acids is 1. The average molecular weight is 480 g/mol. The Morgan fingerprint density at radius 2 is 1.84 bits per heavy atom. The van der Waals surface area contributed by atoms with Crippen LogP contribution in [0.2, 0.25) is 0 Å². The molecule has 2 N–H and O–H groups in total. The van der Waals surface area contributed by atoms with Gasteiger partial charge < -0.3 is 19.9 Å². The third-order valence-corrected chi connectivity index (χ3v) is 5.34. The van der Waals surface area contributed by atoms with E-state index >= 15 is 0 Å². The van der Waals surface area contributed by atoms with Crippen molar-refractivity contribution in [2.45, 2.75) is 6.42 Å². The smallest absolute Gasteiger partial charge is 0.352 e. The zero-order chi connectivity index (χ0) is 21.8. The summed E-state index contributed by atoms with van der Waals surface area (Å²) in [5.41, 5.74) is 1.71. The quantitative estimate of drug-likeness (QED) is 0.484. The van der Waals surface area contributed by atoms with Gasteiger partial charge in [-0.2, -0.15) is 0 Å². The number of halogens is 1. The normalized spacial score (nSPS) is 12.6. The van der Waals surface area contributed by atoms with Crippen LogP contribution in [0.15, 0.2) is 76.9 Å². The summed E-state index contributed by atoms with van der Waals surface area (Å²) in [5.74, 6) is 0.313. The number of ether oxygens (including phenoxy) is 2. The number of carboxylic acids is 1. The Morgan fingerprint density at radius 1 is 1.06 bits per heavy atom. The van der Waals surface area contributed by atoms with E-state index in [-0.39, 0.29) is 5.70 Å². The van der Waals surface area contributed by atoms with Crippen LogP contribution in [0.4, 0.5) is 0 Å². The van der Waals surface area contributed by atoms with Crippen molar-refractivity contribution in [2.75, 3.05) is 6.61 Å². The van der Waals surface area contributed by atoms with Crippen molar-refractivity contribution in [3.8, 4) is 17.2 Å². The van der Waals surface area contributed by atoms with Gasteiger partial charge in [0.2, 0.25) is 0 Å². The Kier molecular flexibility index (Phi) is 6.04. The molecule has 0 aliphatic carbocycles. The van der Waals surface area contributed by atoms with Gasteiger partial charge in [-0.15, -0.1) is 0 Å². The second-order valence-electron chi connectivity index (χ2n) is 6.84. The molecule has 0 fully saturated rings. The molecule has 1 aliphatic rings. The maximum Gasteiger partial charge on any atom is 0.352 e. The number of para-hydroxylation sites is 1. The number of fused-ring (bicyclic) bond motifs is 1. The van der Waals surface area contributed by atoms with Gasteiger partial charge in [-0.1, -0.05) is 24.3 Å². The molecule has 4 rings (SSSR count). The van der Waals surface area contributed by atoms with Crippen molar-refractivity contribution < 1.29 is 24.2 Å². The summed E-state index contributed by atoms with van der Waals surface area (Å²) in [6.45, 7) is 0.585. The Labute approximate surface area is 187 Å². The summed E-state index contributed by atoms with van der Waals surface area (Å²) < 4.78 is 12.1. The SMILES string of the molecule is O=C(O)/C(=C\c1ccc(Oc2ccccc2Br)cc1)NC(=O)c1ccc2c(c1)CCO2. The van der Waals surface area contributed by atoms with E-state index in [2.05, 4.69) is 21.2 Å². The van der Waals surface area contributed by atoms with Crippen LogP contribution in [0.5, 0.6) is 17.2 Å². The summed E-state index contributed by atoms with van der Waals surface area (Å²) in [6.07, 6.45) is 2.13. The molecule has 3 aromatic rings. The van der Waals surface area contributed by atoms with Gasteiger partial charge in [0.1, 0.15) is 22.9 Å². The predicted octanol–water partition coefficient (Wildman–Crippen LogP) is 5.03. The van der Waals surface area contributed by atoms with Crippen molar-refractivity contribution in [2.24, 2.45) is 0 Å². The minimum atomic E-state index is -1.23. The van der Waals surface area contributed by atoms with Gasteiger partial charge in [-0.05, 0) is 75.6 Å². The predicted molar refractivity (Wildman–Crippen MR) is 119 cm³/mol. The Bertz CT molecular complexity index is 1170. The summed E-state index contributed by atoms with van der Waals surface area (Å²) in [7, 11) is 0. The first-order chi connectivity index (χ1) is 15.0. The van der Waals surface area contributed by atoms with E-state index in [1.54, 1.807) is 42.5 Å². The molecule has 0 unspecified atom stereocenters. The molecule has 0 radical (unpaired) electrons. The molecule has 7 heteroatoms. The van der Waals surface area contributed by atoms with Crippen LogP contribution in [0.1, 0.15) is 21.5 Å². The lowest BCUT2D eigenvalue weighted by atomic mass is 10.1. The van der Waals surface area contributed by atoms with Crippen molar-refractivity contribution in [1.82, 2.24) is 5.32 Å². The van der Waals surface area contributed by atoms with Gasteiger partial charge in [-0.25, -0.2) is 4.79 Å². The number of carbonyl (C=O) groups is 2. The first kappa shape index (κ1) is 20.7. The molecule has 0 saturated carbocycles. The molecule has 0 spiro atoms. The molecular weight excluding hydrogens is 462 g/mol. The fourth-order valence-electron chi connectivity index (χ4n) is 3.13. The van der Waals surface area contributed by atoms with Gasteiger partial charge in [0, 0.05) is 12.0 Å². The van der Waals surface area contributed by atoms with Gasteiger partial charge in [0.05, 0.1) is 11.1 Å². The van der Waals surface area contributed by atoms with Crippen molar-refractivity contribution >= 4 is 33.9 Å². The van der Waals surface area contributed by atoms with E-state index in [9.17, 15) is 14.7 Å². The highest BCUT2D eigenvalue weighted by atomic mass is 79.9. The largest absolute Gasteiger partial charge is 0.493 e. The van der Waals surface area contributed by atoms with Gasteiger partial charge in [0.25, 0.3) is 5.91 Å². The maximum absolute atomic E-state index is 12.6. The highest BCUT2D eigenvalue weighted by Crippen LogP contribution is 2.29. The van der Waals surface area contributed by atoms with E-state index in [0.717, 1.165) is 22.2 Å². The minimum Gasteiger partial charge on any atom is -0.493 e. The maximum atomic E-state index is 12.6. The zero-order valence-electron chi connectivity index (χ0n) is 16.3. The second-order valence-corrected chi connectivity index (χ2v) is 7.69. The molecule has 156 valence electrons. The number of nitrogens with one attached hydrogen (secondary N) is 1. The van der Waals surface area contributed by atoms with E-state index < -0.39 is 11.9 Å². The number of hydrogen-bond acceptors (Lipinski definition) is 4. The third-order valence-electron chi connectivity index (χ3n) is 4.69. The monoisotopic (exact) mass is 479 g/mol. The van der Waals surface area contributed by atoms with Crippen molar-refractivity contribution in [3.05, 3.63) is 93.6 Å². The summed E-state index contributed by atoms with van der Waals surface area (Å²) in [6, 6.07) is 19.4. The molecular formula is C24H18BrNO5. The fourth-order valence-corrected chi connectivity index (χ4v) is 3.49. The molecule has 0 aromatic heterocycles. The minimum absolute atomic E-state index is 0.221. The van der Waals surface area contributed by atoms with Crippen LogP contribution < -0.4 is 14.8 Å².